The molecule has 10 heteroatoms. The van der Waals surface area contributed by atoms with Crippen molar-refractivity contribution >= 4 is 40.0 Å². The fourth-order valence-electron chi connectivity index (χ4n) is 5.08. The number of piperazine rings is 1. The number of aromatic nitrogens is 3. The van der Waals surface area contributed by atoms with Crippen LogP contribution in [0.15, 0.2) is 36.8 Å². The number of primary amides is 1. The van der Waals surface area contributed by atoms with Gasteiger partial charge in [-0.05, 0) is 50.1 Å². The van der Waals surface area contributed by atoms with E-state index in [1.807, 2.05) is 24.3 Å². The van der Waals surface area contributed by atoms with Gasteiger partial charge in [0.25, 0.3) is 5.91 Å². The number of nitrogens with zero attached hydrogens (tertiary/aromatic N) is 5. The minimum absolute atomic E-state index is 0.184. The van der Waals surface area contributed by atoms with Crippen molar-refractivity contribution in [3.63, 3.8) is 0 Å². The Bertz CT molecular complexity index is 1200. The average Bonchev–Trinajstić information content (AvgIpc) is 3.27. The predicted molar refractivity (Wildman–Crippen MR) is 137 cm³/mol. The first kappa shape index (κ1) is 23.1. The van der Waals surface area contributed by atoms with Crippen LogP contribution in [0.3, 0.4) is 0 Å². The summed E-state index contributed by atoms with van der Waals surface area (Å²) in [7, 11) is 2.14. The van der Waals surface area contributed by atoms with E-state index in [0.717, 1.165) is 62.5 Å². The van der Waals surface area contributed by atoms with Crippen molar-refractivity contribution in [1.82, 2.24) is 19.9 Å². The maximum Gasteiger partial charge on any atom is 0.255 e. The fraction of sp³-hybridized carbons (Fsp3) is 0.440. The summed E-state index contributed by atoms with van der Waals surface area (Å²) >= 11 is 0. The van der Waals surface area contributed by atoms with Gasteiger partial charge in [0.15, 0.2) is 0 Å². The summed E-state index contributed by atoms with van der Waals surface area (Å²) in [5.41, 5.74) is 8.46. The van der Waals surface area contributed by atoms with Crippen LogP contribution < -0.4 is 20.9 Å². The minimum atomic E-state index is -0.280. The number of nitrogens with two attached hydrogens (primary N) is 1. The summed E-state index contributed by atoms with van der Waals surface area (Å²) in [4.78, 5) is 43.4. The van der Waals surface area contributed by atoms with Gasteiger partial charge in [0.1, 0.15) is 17.8 Å². The van der Waals surface area contributed by atoms with E-state index in [9.17, 15) is 9.59 Å². The standard InChI is InChI=1S/C25H32N8O2/c1-31-9-11-32(12-10-31)19-6-4-18(5-7-19)25(35)30-20-14-27-23-22(20)24(29-16-28-23)33-8-2-3-17(15-33)13-21(26)34/h4-7,14,16-17H,2-3,8-13,15H2,1H3,(H2,26,34)(H,30,35)(H,27,28,29). The van der Waals surface area contributed by atoms with Gasteiger partial charge in [-0.15, -0.1) is 0 Å². The third-order valence-electron chi connectivity index (χ3n) is 7.00. The Morgan fingerprint density at radius 2 is 1.86 bits per heavy atom. The lowest BCUT2D eigenvalue weighted by Gasteiger charge is -2.34. The number of amides is 2. The number of hydrogen-bond acceptors (Lipinski definition) is 7. The lowest BCUT2D eigenvalue weighted by Crippen LogP contribution is -2.44. The second-order valence-corrected chi connectivity index (χ2v) is 9.54. The normalized spacial score (nSPS) is 19.2. The fourth-order valence-corrected chi connectivity index (χ4v) is 5.08. The Morgan fingerprint density at radius 1 is 1.09 bits per heavy atom. The van der Waals surface area contributed by atoms with Gasteiger partial charge in [-0.1, -0.05) is 0 Å². The highest BCUT2D eigenvalue weighted by Crippen LogP contribution is 2.33. The lowest BCUT2D eigenvalue weighted by atomic mass is 9.94. The number of rotatable bonds is 6. The molecule has 2 amide bonds. The van der Waals surface area contributed by atoms with Crippen molar-refractivity contribution in [2.24, 2.45) is 11.7 Å². The average molecular weight is 477 g/mol. The van der Waals surface area contributed by atoms with Crippen LogP contribution in [0.2, 0.25) is 0 Å². The van der Waals surface area contributed by atoms with Crippen molar-refractivity contribution in [3.8, 4) is 0 Å². The Morgan fingerprint density at radius 3 is 2.60 bits per heavy atom. The summed E-state index contributed by atoms with van der Waals surface area (Å²) in [5.74, 6) is 0.488. The molecule has 3 aromatic rings. The van der Waals surface area contributed by atoms with Gasteiger partial charge in [-0.2, -0.15) is 0 Å². The molecule has 0 spiro atoms. The number of carbonyl (C=O) groups excluding carboxylic acids is 2. The largest absolute Gasteiger partial charge is 0.370 e. The molecule has 0 aliphatic carbocycles. The van der Waals surface area contributed by atoms with Gasteiger partial charge < -0.3 is 30.7 Å². The molecule has 1 unspecified atom stereocenters. The predicted octanol–water partition coefficient (Wildman–Crippen LogP) is 2.05. The first-order chi connectivity index (χ1) is 17.0. The molecular formula is C25H32N8O2. The van der Waals surface area contributed by atoms with E-state index in [2.05, 4.69) is 42.0 Å². The van der Waals surface area contributed by atoms with Gasteiger partial charge in [-0.3, -0.25) is 9.59 Å². The molecule has 4 heterocycles. The zero-order chi connectivity index (χ0) is 24.4. The van der Waals surface area contributed by atoms with Crippen LogP contribution in [-0.2, 0) is 4.79 Å². The van der Waals surface area contributed by atoms with Gasteiger partial charge in [0, 0.05) is 63.1 Å². The number of fused-ring (bicyclic) bond motifs is 1. The van der Waals surface area contributed by atoms with Gasteiger partial charge >= 0.3 is 0 Å². The smallest absolute Gasteiger partial charge is 0.255 e. The SMILES string of the molecule is CN1CCN(c2ccc(C(=O)Nc3c[nH]c4ncnc(N5CCCC(CC(N)=O)C5)c34)cc2)CC1. The lowest BCUT2D eigenvalue weighted by molar-refractivity contribution is -0.118. The van der Waals surface area contributed by atoms with E-state index < -0.39 is 0 Å². The molecule has 2 aliphatic heterocycles. The Balaban J connectivity index is 1.33. The summed E-state index contributed by atoms with van der Waals surface area (Å²) in [6.07, 6.45) is 5.56. The maximum absolute atomic E-state index is 13.1. The molecule has 0 radical (unpaired) electrons. The van der Waals surface area contributed by atoms with Crippen molar-refractivity contribution in [3.05, 3.63) is 42.4 Å². The quantitative estimate of drug-likeness (QED) is 0.497. The number of aromatic amines is 1. The van der Waals surface area contributed by atoms with Gasteiger partial charge in [0.05, 0.1) is 11.1 Å². The van der Waals surface area contributed by atoms with E-state index in [-0.39, 0.29) is 17.7 Å². The highest BCUT2D eigenvalue weighted by molar-refractivity contribution is 6.11. The maximum atomic E-state index is 13.1. The molecule has 2 saturated heterocycles. The highest BCUT2D eigenvalue weighted by Gasteiger charge is 2.25. The molecule has 10 nitrogen and oxygen atoms in total. The molecule has 5 rings (SSSR count). The Labute approximate surface area is 204 Å². The first-order valence-corrected chi connectivity index (χ1v) is 12.2. The number of carbonyl (C=O) groups is 2. The zero-order valence-corrected chi connectivity index (χ0v) is 20.0. The zero-order valence-electron chi connectivity index (χ0n) is 20.0. The molecule has 184 valence electrons. The van der Waals surface area contributed by atoms with Gasteiger partial charge in [-0.25, -0.2) is 9.97 Å². The number of nitrogens with one attached hydrogen (secondary N) is 2. The molecule has 35 heavy (non-hydrogen) atoms. The van der Waals surface area contributed by atoms with E-state index in [1.54, 1.807) is 6.20 Å². The van der Waals surface area contributed by atoms with Crippen LogP contribution in [0.25, 0.3) is 11.0 Å². The molecule has 4 N–H and O–H groups in total. The molecule has 0 saturated carbocycles. The minimum Gasteiger partial charge on any atom is -0.370 e. The molecule has 1 atom stereocenters. The third-order valence-corrected chi connectivity index (χ3v) is 7.00. The number of hydrogen-bond donors (Lipinski definition) is 3. The Kier molecular flexibility index (Phi) is 6.54. The van der Waals surface area contributed by atoms with Crippen molar-refractivity contribution in [2.45, 2.75) is 19.3 Å². The molecular weight excluding hydrogens is 444 g/mol. The second-order valence-electron chi connectivity index (χ2n) is 9.54. The van der Waals surface area contributed by atoms with Crippen LogP contribution in [0.4, 0.5) is 17.2 Å². The van der Waals surface area contributed by atoms with Crippen LogP contribution in [0, 0.1) is 5.92 Å². The van der Waals surface area contributed by atoms with Crippen molar-refractivity contribution in [1.29, 1.82) is 0 Å². The number of piperidine rings is 1. The first-order valence-electron chi connectivity index (χ1n) is 12.2. The highest BCUT2D eigenvalue weighted by atomic mass is 16.2. The van der Waals surface area contributed by atoms with E-state index >= 15 is 0 Å². The molecule has 2 aromatic heterocycles. The van der Waals surface area contributed by atoms with Crippen LogP contribution in [0.5, 0.6) is 0 Å². The van der Waals surface area contributed by atoms with E-state index in [0.29, 0.717) is 29.9 Å². The third kappa shape index (κ3) is 5.07. The van der Waals surface area contributed by atoms with Crippen molar-refractivity contribution in [2.75, 3.05) is 61.4 Å². The number of benzene rings is 1. The second kappa shape index (κ2) is 9.91. The molecule has 1 aromatic carbocycles. The van der Waals surface area contributed by atoms with Crippen LogP contribution >= 0.6 is 0 Å². The summed E-state index contributed by atoms with van der Waals surface area (Å²) in [6, 6.07) is 7.76. The molecule has 0 bridgehead atoms. The summed E-state index contributed by atoms with van der Waals surface area (Å²) < 4.78 is 0. The molecule has 2 fully saturated rings. The number of likely N-dealkylation sites (N-methyl/N-ethyl adjacent to an activating group) is 1. The molecule has 2 aliphatic rings. The van der Waals surface area contributed by atoms with Crippen molar-refractivity contribution < 1.29 is 9.59 Å². The van der Waals surface area contributed by atoms with E-state index in [4.69, 9.17) is 5.73 Å². The summed E-state index contributed by atoms with van der Waals surface area (Å²) in [6.45, 7) is 5.56. The topological polar surface area (TPSA) is 123 Å². The summed E-state index contributed by atoms with van der Waals surface area (Å²) in [5, 5.41) is 3.81. The van der Waals surface area contributed by atoms with Crippen LogP contribution in [-0.4, -0.2) is 78.0 Å². The number of H-pyrrole nitrogens is 1. The Hall–Kier alpha value is -3.66. The number of anilines is 3. The van der Waals surface area contributed by atoms with Crippen LogP contribution in [0.1, 0.15) is 29.6 Å². The van der Waals surface area contributed by atoms with E-state index in [1.165, 1.54) is 6.33 Å². The monoisotopic (exact) mass is 476 g/mol. The van der Waals surface area contributed by atoms with Gasteiger partial charge in [0.2, 0.25) is 5.91 Å².